The second kappa shape index (κ2) is 8.94. The number of methoxy groups -OCH3 is 3. The van der Waals surface area contributed by atoms with Crippen LogP contribution < -0.4 is 19.5 Å². The van der Waals surface area contributed by atoms with Gasteiger partial charge < -0.3 is 19.5 Å². The second-order valence-electron chi connectivity index (χ2n) is 6.42. The molecule has 0 radical (unpaired) electrons. The molecule has 1 heterocycles. The molecule has 0 bridgehead atoms. The summed E-state index contributed by atoms with van der Waals surface area (Å²) in [4.78, 5) is 2.47. The fourth-order valence-electron chi connectivity index (χ4n) is 3.18. The molecule has 0 atom stereocenters. The SMILES string of the molecule is C=C(C)CN1CCC(NCc2cc(OC)c(OC)c(OC)c2)CC1. The summed E-state index contributed by atoms with van der Waals surface area (Å²) < 4.78 is 16.2. The lowest BCUT2D eigenvalue weighted by Crippen LogP contribution is -2.42. The Morgan fingerprint density at radius 1 is 1.12 bits per heavy atom. The number of nitrogens with zero attached hydrogens (tertiary/aromatic N) is 1. The maximum Gasteiger partial charge on any atom is 0.203 e. The molecule has 1 N–H and O–H groups in total. The molecular formula is C19H30N2O3. The molecule has 0 spiro atoms. The van der Waals surface area contributed by atoms with Gasteiger partial charge in [0, 0.05) is 19.1 Å². The molecule has 0 amide bonds. The van der Waals surface area contributed by atoms with E-state index in [4.69, 9.17) is 14.2 Å². The summed E-state index contributed by atoms with van der Waals surface area (Å²) in [6.07, 6.45) is 2.33. The first kappa shape index (κ1) is 18.6. The number of piperidine rings is 1. The van der Waals surface area contributed by atoms with Crippen LogP contribution in [0.3, 0.4) is 0 Å². The molecular weight excluding hydrogens is 304 g/mol. The number of rotatable bonds is 8. The van der Waals surface area contributed by atoms with Gasteiger partial charge in [0.25, 0.3) is 0 Å². The minimum Gasteiger partial charge on any atom is -0.493 e. The van der Waals surface area contributed by atoms with E-state index in [1.807, 2.05) is 12.1 Å². The summed E-state index contributed by atoms with van der Waals surface area (Å²) in [6.45, 7) is 10.1. The Kier molecular flexibility index (Phi) is 6.94. The van der Waals surface area contributed by atoms with Gasteiger partial charge in [0.2, 0.25) is 5.75 Å². The number of ether oxygens (including phenoxy) is 3. The summed E-state index contributed by atoms with van der Waals surface area (Å²) in [5.41, 5.74) is 2.37. The van der Waals surface area contributed by atoms with Gasteiger partial charge in [0.1, 0.15) is 0 Å². The van der Waals surface area contributed by atoms with Gasteiger partial charge >= 0.3 is 0 Å². The number of likely N-dealkylation sites (tertiary alicyclic amines) is 1. The van der Waals surface area contributed by atoms with Gasteiger partial charge in [-0.3, -0.25) is 4.90 Å². The van der Waals surface area contributed by atoms with Gasteiger partial charge in [0.15, 0.2) is 11.5 Å². The third kappa shape index (κ3) is 4.89. The lowest BCUT2D eigenvalue weighted by molar-refractivity contribution is 0.211. The van der Waals surface area contributed by atoms with Crippen molar-refractivity contribution < 1.29 is 14.2 Å². The van der Waals surface area contributed by atoms with E-state index in [2.05, 4.69) is 23.7 Å². The number of nitrogens with one attached hydrogen (secondary N) is 1. The van der Waals surface area contributed by atoms with Crippen LogP contribution >= 0.6 is 0 Å². The highest BCUT2D eigenvalue weighted by Gasteiger charge is 2.19. The lowest BCUT2D eigenvalue weighted by atomic mass is 10.0. The average molecular weight is 334 g/mol. The van der Waals surface area contributed by atoms with Crippen LogP contribution in [0.2, 0.25) is 0 Å². The van der Waals surface area contributed by atoms with E-state index in [0.29, 0.717) is 23.3 Å². The molecule has 0 unspecified atom stereocenters. The van der Waals surface area contributed by atoms with E-state index in [9.17, 15) is 0 Å². The highest BCUT2D eigenvalue weighted by atomic mass is 16.5. The molecule has 1 aliphatic rings. The number of hydrogen-bond donors (Lipinski definition) is 1. The van der Waals surface area contributed by atoms with Gasteiger partial charge in [-0.2, -0.15) is 0 Å². The predicted molar refractivity (Wildman–Crippen MR) is 97.2 cm³/mol. The first-order valence-corrected chi connectivity index (χ1v) is 8.46. The van der Waals surface area contributed by atoms with Crippen LogP contribution in [0.4, 0.5) is 0 Å². The summed E-state index contributed by atoms with van der Waals surface area (Å²) in [5, 5.41) is 3.65. The molecule has 1 aromatic rings. The molecule has 1 aromatic carbocycles. The zero-order valence-electron chi connectivity index (χ0n) is 15.4. The summed E-state index contributed by atoms with van der Waals surface area (Å²) in [5.74, 6) is 2.03. The normalized spacial score (nSPS) is 16.0. The first-order valence-electron chi connectivity index (χ1n) is 8.46. The minimum atomic E-state index is 0.547. The van der Waals surface area contributed by atoms with Crippen molar-refractivity contribution in [1.29, 1.82) is 0 Å². The Balaban J connectivity index is 1.92. The van der Waals surface area contributed by atoms with Crippen LogP contribution in [0.15, 0.2) is 24.3 Å². The van der Waals surface area contributed by atoms with Crippen LogP contribution in [0.5, 0.6) is 17.2 Å². The van der Waals surface area contributed by atoms with E-state index in [1.165, 1.54) is 5.57 Å². The third-order valence-corrected chi connectivity index (χ3v) is 4.40. The molecule has 0 aliphatic carbocycles. The smallest absolute Gasteiger partial charge is 0.203 e. The molecule has 1 aliphatic heterocycles. The van der Waals surface area contributed by atoms with Gasteiger partial charge in [-0.05, 0) is 50.6 Å². The molecule has 0 saturated carbocycles. The summed E-state index contributed by atoms with van der Waals surface area (Å²) >= 11 is 0. The summed E-state index contributed by atoms with van der Waals surface area (Å²) in [6, 6.07) is 4.56. The molecule has 24 heavy (non-hydrogen) atoms. The monoisotopic (exact) mass is 334 g/mol. The molecule has 134 valence electrons. The molecule has 5 nitrogen and oxygen atoms in total. The quantitative estimate of drug-likeness (QED) is 0.741. The predicted octanol–water partition coefficient (Wildman–Crippen LogP) is 2.84. The van der Waals surface area contributed by atoms with Gasteiger partial charge in [0.05, 0.1) is 21.3 Å². The topological polar surface area (TPSA) is 43.0 Å². The Morgan fingerprint density at radius 3 is 2.17 bits per heavy atom. The lowest BCUT2D eigenvalue weighted by Gasteiger charge is -2.32. The molecule has 1 fully saturated rings. The van der Waals surface area contributed by atoms with E-state index in [-0.39, 0.29) is 0 Å². The summed E-state index contributed by atoms with van der Waals surface area (Å²) in [7, 11) is 4.91. The Bertz CT molecular complexity index is 527. The van der Waals surface area contributed by atoms with Crippen LogP contribution in [0, 0.1) is 0 Å². The Hall–Kier alpha value is -1.72. The van der Waals surface area contributed by atoms with Gasteiger partial charge in [-0.25, -0.2) is 0 Å². The fraction of sp³-hybridized carbons (Fsp3) is 0.579. The molecule has 2 rings (SSSR count). The van der Waals surface area contributed by atoms with Crippen molar-refractivity contribution in [2.45, 2.75) is 32.4 Å². The molecule has 1 saturated heterocycles. The Labute approximate surface area is 145 Å². The van der Waals surface area contributed by atoms with E-state index in [0.717, 1.165) is 44.6 Å². The zero-order chi connectivity index (χ0) is 17.5. The van der Waals surface area contributed by atoms with Crippen molar-refractivity contribution in [2.24, 2.45) is 0 Å². The van der Waals surface area contributed by atoms with Crippen LogP contribution in [-0.4, -0.2) is 51.9 Å². The largest absolute Gasteiger partial charge is 0.493 e. The molecule has 5 heteroatoms. The van der Waals surface area contributed by atoms with Crippen molar-refractivity contribution >= 4 is 0 Å². The van der Waals surface area contributed by atoms with Crippen molar-refractivity contribution in [3.05, 3.63) is 29.8 Å². The third-order valence-electron chi connectivity index (χ3n) is 4.40. The standard InChI is InChI=1S/C19H30N2O3/c1-14(2)13-21-8-6-16(7-9-21)20-12-15-10-17(22-3)19(24-5)18(11-15)23-4/h10-11,16,20H,1,6-9,12-13H2,2-5H3. The minimum absolute atomic E-state index is 0.547. The van der Waals surface area contributed by atoms with Crippen molar-refractivity contribution in [3.63, 3.8) is 0 Å². The average Bonchev–Trinajstić information content (AvgIpc) is 2.59. The van der Waals surface area contributed by atoms with Crippen LogP contribution in [0.1, 0.15) is 25.3 Å². The van der Waals surface area contributed by atoms with Crippen molar-refractivity contribution in [2.75, 3.05) is 41.0 Å². The Morgan fingerprint density at radius 2 is 1.71 bits per heavy atom. The number of hydrogen-bond acceptors (Lipinski definition) is 5. The fourth-order valence-corrected chi connectivity index (χ4v) is 3.18. The van der Waals surface area contributed by atoms with Crippen molar-refractivity contribution in [1.82, 2.24) is 10.2 Å². The first-order chi connectivity index (χ1) is 11.6. The highest BCUT2D eigenvalue weighted by molar-refractivity contribution is 5.53. The van der Waals surface area contributed by atoms with Crippen molar-refractivity contribution in [3.8, 4) is 17.2 Å². The van der Waals surface area contributed by atoms with Gasteiger partial charge in [-0.1, -0.05) is 12.2 Å². The number of benzene rings is 1. The second-order valence-corrected chi connectivity index (χ2v) is 6.42. The van der Waals surface area contributed by atoms with E-state index < -0.39 is 0 Å². The van der Waals surface area contributed by atoms with Gasteiger partial charge in [-0.15, -0.1) is 0 Å². The van der Waals surface area contributed by atoms with E-state index >= 15 is 0 Å². The molecule has 0 aromatic heterocycles. The van der Waals surface area contributed by atoms with Crippen LogP contribution in [-0.2, 0) is 6.54 Å². The highest BCUT2D eigenvalue weighted by Crippen LogP contribution is 2.38. The van der Waals surface area contributed by atoms with Crippen LogP contribution in [0.25, 0.3) is 0 Å². The zero-order valence-corrected chi connectivity index (χ0v) is 15.4. The maximum atomic E-state index is 5.41. The maximum absolute atomic E-state index is 5.41. The van der Waals surface area contributed by atoms with E-state index in [1.54, 1.807) is 21.3 Å².